The number of nitrogens with zero attached hydrogens (tertiary/aromatic N) is 1. The molecule has 0 saturated heterocycles. The Balaban J connectivity index is 2.78. The highest BCUT2D eigenvalue weighted by Gasteiger charge is 2.25. The van der Waals surface area contributed by atoms with Crippen molar-refractivity contribution in [2.75, 3.05) is 19.7 Å². The molecule has 0 unspecified atom stereocenters. The fourth-order valence-electron chi connectivity index (χ4n) is 1.87. The zero-order valence-corrected chi connectivity index (χ0v) is 11.5. The number of rotatable bonds is 7. The summed E-state index contributed by atoms with van der Waals surface area (Å²) in [5.74, 6) is 0.566. The Labute approximate surface area is 106 Å². The fraction of sp³-hybridized carbons (Fsp3) is 0.571. The van der Waals surface area contributed by atoms with Crippen molar-refractivity contribution in [3.8, 4) is 0 Å². The number of hydrogen-bond acceptors (Lipinski definition) is 2. The van der Waals surface area contributed by atoms with Crippen LogP contribution in [0.15, 0.2) is 30.3 Å². The van der Waals surface area contributed by atoms with Gasteiger partial charge in [-0.1, -0.05) is 58.0 Å². The lowest BCUT2D eigenvalue weighted by Crippen LogP contribution is -2.50. The molecule has 0 bridgehead atoms. The highest BCUT2D eigenvalue weighted by atomic mass is 16.4. The molecule has 1 aromatic carbocycles. The van der Waals surface area contributed by atoms with E-state index in [1.54, 1.807) is 0 Å². The molecule has 0 N–H and O–H groups in total. The third-order valence-electron chi connectivity index (χ3n) is 2.82. The van der Waals surface area contributed by atoms with Gasteiger partial charge in [-0.2, -0.15) is 0 Å². The minimum atomic E-state index is 0.0913. The van der Waals surface area contributed by atoms with E-state index in [4.69, 9.17) is 4.65 Å². The first-order valence-electron chi connectivity index (χ1n) is 6.59. The van der Waals surface area contributed by atoms with Crippen LogP contribution in [0.4, 0.5) is 0 Å². The zero-order valence-electron chi connectivity index (χ0n) is 11.5. The van der Waals surface area contributed by atoms with Gasteiger partial charge in [0.1, 0.15) is 0 Å². The quantitative estimate of drug-likeness (QED) is 0.670. The summed E-state index contributed by atoms with van der Waals surface area (Å²) < 4.78 is 6.06. The summed E-state index contributed by atoms with van der Waals surface area (Å²) in [6.45, 7) is 11.5. The van der Waals surface area contributed by atoms with Gasteiger partial charge in [-0.05, 0) is 24.5 Å². The summed E-state index contributed by atoms with van der Waals surface area (Å²) in [7, 11) is 0.0913. The Bertz CT molecular complexity index is 298. The molecule has 0 amide bonds. The van der Waals surface area contributed by atoms with Gasteiger partial charge in [0.05, 0.1) is 0 Å². The van der Waals surface area contributed by atoms with Crippen LogP contribution in [-0.2, 0) is 4.65 Å². The van der Waals surface area contributed by atoms with Gasteiger partial charge in [-0.25, -0.2) is 0 Å². The van der Waals surface area contributed by atoms with E-state index in [1.165, 1.54) is 5.46 Å². The van der Waals surface area contributed by atoms with Gasteiger partial charge in [0.15, 0.2) is 0 Å². The van der Waals surface area contributed by atoms with Gasteiger partial charge in [-0.15, -0.1) is 0 Å². The molecule has 17 heavy (non-hydrogen) atoms. The van der Waals surface area contributed by atoms with E-state index in [0.29, 0.717) is 5.92 Å². The van der Waals surface area contributed by atoms with Gasteiger partial charge in [-0.3, -0.25) is 0 Å². The summed E-state index contributed by atoms with van der Waals surface area (Å²) in [6.07, 6.45) is 0. The Morgan fingerprint density at radius 1 is 1.12 bits per heavy atom. The van der Waals surface area contributed by atoms with E-state index >= 15 is 0 Å². The topological polar surface area (TPSA) is 12.5 Å². The lowest BCUT2D eigenvalue weighted by atomic mass is 9.71. The third-order valence-corrected chi connectivity index (χ3v) is 2.82. The van der Waals surface area contributed by atoms with Crippen LogP contribution in [0.25, 0.3) is 0 Å². The van der Waals surface area contributed by atoms with Crippen molar-refractivity contribution >= 4 is 12.5 Å². The first-order chi connectivity index (χ1) is 8.19. The molecular formula is C14H24BNO. The van der Waals surface area contributed by atoms with Crippen molar-refractivity contribution in [2.45, 2.75) is 27.7 Å². The van der Waals surface area contributed by atoms with Crippen LogP contribution in [0.5, 0.6) is 0 Å². The molecular weight excluding hydrogens is 209 g/mol. The van der Waals surface area contributed by atoms with Gasteiger partial charge in [0.2, 0.25) is 0 Å². The first kappa shape index (κ1) is 14.3. The predicted octanol–water partition coefficient (Wildman–Crippen LogP) is 2.40. The maximum Gasteiger partial charge on any atom is 0.418 e. The molecule has 0 atom stereocenters. The largest absolute Gasteiger partial charge is 0.418 e. The molecule has 0 radical (unpaired) electrons. The molecule has 3 heteroatoms. The second-order valence-electron chi connectivity index (χ2n) is 4.71. The molecule has 0 aromatic heterocycles. The second-order valence-corrected chi connectivity index (χ2v) is 4.71. The molecule has 0 heterocycles. The predicted molar refractivity (Wildman–Crippen MR) is 75.5 cm³/mol. The molecule has 0 aliphatic carbocycles. The lowest BCUT2D eigenvalue weighted by Gasteiger charge is -2.27. The first-order valence-corrected chi connectivity index (χ1v) is 6.59. The van der Waals surface area contributed by atoms with E-state index < -0.39 is 0 Å². The minimum Gasteiger partial charge on any atom is -0.417 e. The van der Waals surface area contributed by atoms with Crippen molar-refractivity contribution in [3.05, 3.63) is 30.3 Å². The Morgan fingerprint density at radius 2 is 1.71 bits per heavy atom. The smallest absolute Gasteiger partial charge is 0.417 e. The van der Waals surface area contributed by atoms with Crippen LogP contribution >= 0.6 is 0 Å². The average Bonchev–Trinajstić information content (AvgIpc) is 2.35. The van der Waals surface area contributed by atoms with Gasteiger partial charge < -0.3 is 9.47 Å². The molecule has 0 aliphatic rings. The normalized spacial score (nSPS) is 11.2. The second kappa shape index (κ2) is 7.52. The average molecular weight is 233 g/mol. The Kier molecular flexibility index (Phi) is 6.31. The van der Waals surface area contributed by atoms with Crippen LogP contribution in [0.3, 0.4) is 0 Å². The monoisotopic (exact) mass is 233 g/mol. The van der Waals surface area contributed by atoms with Crippen molar-refractivity contribution in [1.82, 2.24) is 4.81 Å². The molecule has 94 valence electrons. The highest BCUT2D eigenvalue weighted by Crippen LogP contribution is 2.02. The van der Waals surface area contributed by atoms with Crippen LogP contribution in [0, 0.1) is 5.92 Å². The SMILES string of the molecule is CCN(CC)B(OCC(C)C)c1ccccc1. The van der Waals surface area contributed by atoms with E-state index in [0.717, 1.165) is 19.7 Å². The van der Waals surface area contributed by atoms with Crippen molar-refractivity contribution < 1.29 is 4.65 Å². The van der Waals surface area contributed by atoms with Crippen molar-refractivity contribution in [1.29, 1.82) is 0 Å². The van der Waals surface area contributed by atoms with Gasteiger partial charge in [0, 0.05) is 6.61 Å². The third kappa shape index (κ3) is 4.53. The van der Waals surface area contributed by atoms with Crippen LogP contribution in [-0.4, -0.2) is 31.6 Å². The highest BCUT2D eigenvalue weighted by molar-refractivity contribution is 6.64. The number of benzene rings is 1. The van der Waals surface area contributed by atoms with Crippen molar-refractivity contribution in [3.63, 3.8) is 0 Å². The molecule has 0 spiro atoms. The molecule has 1 aromatic rings. The Morgan fingerprint density at radius 3 is 2.18 bits per heavy atom. The summed E-state index contributed by atoms with van der Waals surface area (Å²) in [6, 6.07) is 10.5. The zero-order chi connectivity index (χ0) is 12.7. The number of hydrogen-bond donors (Lipinski definition) is 0. The summed E-state index contributed by atoms with van der Waals surface area (Å²) >= 11 is 0. The van der Waals surface area contributed by atoms with Crippen LogP contribution in [0.1, 0.15) is 27.7 Å². The summed E-state index contributed by atoms with van der Waals surface area (Å²) in [4.78, 5) is 2.34. The van der Waals surface area contributed by atoms with Crippen molar-refractivity contribution in [2.24, 2.45) is 5.92 Å². The molecule has 0 fully saturated rings. The standard InChI is InChI=1S/C14H24BNO/c1-5-16(6-2)15(17-12-13(3)4)14-10-8-7-9-11-14/h7-11,13H,5-6,12H2,1-4H3. The fourth-order valence-corrected chi connectivity index (χ4v) is 1.87. The van der Waals surface area contributed by atoms with Gasteiger partial charge in [0.25, 0.3) is 0 Å². The Hall–Kier alpha value is -0.795. The molecule has 0 saturated carbocycles. The summed E-state index contributed by atoms with van der Waals surface area (Å²) in [5, 5.41) is 0. The lowest BCUT2D eigenvalue weighted by molar-refractivity contribution is 0.240. The van der Waals surface area contributed by atoms with Crippen LogP contribution < -0.4 is 5.46 Å². The summed E-state index contributed by atoms with van der Waals surface area (Å²) in [5.41, 5.74) is 1.25. The minimum absolute atomic E-state index is 0.0913. The van der Waals surface area contributed by atoms with E-state index in [9.17, 15) is 0 Å². The van der Waals surface area contributed by atoms with E-state index in [1.807, 2.05) is 6.07 Å². The maximum atomic E-state index is 6.06. The molecule has 2 nitrogen and oxygen atoms in total. The van der Waals surface area contributed by atoms with Crippen LogP contribution in [0.2, 0.25) is 0 Å². The van der Waals surface area contributed by atoms with Gasteiger partial charge >= 0.3 is 7.05 Å². The molecule has 1 rings (SSSR count). The van der Waals surface area contributed by atoms with E-state index in [-0.39, 0.29) is 7.05 Å². The van der Waals surface area contributed by atoms with E-state index in [2.05, 4.69) is 56.8 Å². The molecule has 0 aliphatic heterocycles. The maximum absolute atomic E-state index is 6.06.